The third-order valence-corrected chi connectivity index (χ3v) is 3.30. The van der Waals surface area contributed by atoms with Gasteiger partial charge in [0.25, 0.3) is 5.56 Å². The van der Waals surface area contributed by atoms with Crippen molar-refractivity contribution >= 4 is 11.6 Å². The highest BCUT2D eigenvalue weighted by molar-refractivity contribution is 6.32. The molecule has 0 fully saturated rings. The molecule has 0 bridgehead atoms. The van der Waals surface area contributed by atoms with Crippen molar-refractivity contribution in [3.05, 3.63) is 51.3 Å². The van der Waals surface area contributed by atoms with Gasteiger partial charge in [0, 0.05) is 12.6 Å². The summed E-state index contributed by atoms with van der Waals surface area (Å²) >= 11 is 6.08. The largest absolute Gasteiger partial charge is 0.495 e. The molecule has 1 aromatic carbocycles. The fraction of sp³-hybridized carbons (Fsp3) is 0.214. The molecule has 0 amide bonds. The molecule has 4 nitrogen and oxygen atoms in total. The highest BCUT2D eigenvalue weighted by atomic mass is 35.5. The molecule has 0 spiro atoms. The van der Waals surface area contributed by atoms with Crippen molar-refractivity contribution in [3.8, 4) is 17.0 Å². The Morgan fingerprint density at radius 3 is 2.63 bits per heavy atom. The van der Waals surface area contributed by atoms with Crippen LogP contribution in [0.15, 0.2) is 35.1 Å². The van der Waals surface area contributed by atoms with E-state index in [0.29, 0.717) is 16.3 Å². The van der Waals surface area contributed by atoms with Crippen LogP contribution in [0, 0.1) is 0 Å². The van der Waals surface area contributed by atoms with E-state index >= 15 is 0 Å². The van der Waals surface area contributed by atoms with E-state index < -0.39 is 0 Å². The maximum Gasteiger partial charge on any atom is 0.256 e. The van der Waals surface area contributed by atoms with Gasteiger partial charge in [0.05, 0.1) is 24.4 Å². The van der Waals surface area contributed by atoms with Crippen molar-refractivity contribution < 1.29 is 9.84 Å². The van der Waals surface area contributed by atoms with Gasteiger partial charge in [-0.1, -0.05) is 11.6 Å². The summed E-state index contributed by atoms with van der Waals surface area (Å²) in [5.74, 6) is 0.586. The van der Waals surface area contributed by atoms with E-state index in [0.717, 1.165) is 11.3 Å². The number of nitrogens with zero attached hydrogens (tertiary/aromatic N) is 1. The van der Waals surface area contributed by atoms with Gasteiger partial charge < -0.3 is 14.4 Å². The molecule has 1 aromatic heterocycles. The fourth-order valence-corrected chi connectivity index (χ4v) is 2.18. The Morgan fingerprint density at radius 1 is 1.32 bits per heavy atom. The maximum absolute atomic E-state index is 11.9. The molecule has 2 rings (SSSR count). The van der Waals surface area contributed by atoms with Gasteiger partial charge in [-0.05, 0) is 35.9 Å². The van der Waals surface area contributed by atoms with Gasteiger partial charge in [-0.2, -0.15) is 0 Å². The highest BCUT2D eigenvalue weighted by Crippen LogP contribution is 2.29. The monoisotopic (exact) mass is 279 g/mol. The first-order valence-corrected chi connectivity index (χ1v) is 6.10. The van der Waals surface area contributed by atoms with Crippen LogP contribution in [0.5, 0.6) is 5.75 Å². The molecule has 0 unspecified atom stereocenters. The Morgan fingerprint density at radius 2 is 2.05 bits per heavy atom. The topological polar surface area (TPSA) is 51.5 Å². The van der Waals surface area contributed by atoms with Crippen LogP contribution >= 0.6 is 11.6 Å². The molecular weight excluding hydrogens is 266 g/mol. The zero-order valence-electron chi connectivity index (χ0n) is 10.7. The van der Waals surface area contributed by atoms with Crippen LogP contribution in [-0.4, -0.2) is 16.8 Å². The average molecular weight is 280 g/mol. The minimum atomic E-state index is -0.268. The number of aromatic nitrogens is 1. The Kier molecular flexibility index (Phi) is 3.93. The normalized spacial score (nSPS) is 10.5. The second kappa shape index (κ2) is 5.47. The van der Waals surface area contributed by atoms with E-state index in [2.05, 4.69) is 0 Å². The van der Waals surface area contributed by atoms with Crippen LogP contribution in [0.1, 0.15) is 5.56 Å². The summed E-state index contributed by atoms with van der Waals surface area (Å²) in [4.78, 5) is 11.9. The molecule has 1 N–H and O–H groups in total. The molecule has 19 heavy (non-hydrogen) atoms. The maximum atomic E-state index is 11.9. The first kappa shape index (κ1) is 13.6. The standard InChI is InChI=1S/C14H14ClNO3/c1-16-12(5-3-10(8-17)14(16)18)9-4-6-13(19-2)11(15)7-9/h3-7,17H,8H2,1-2H3. The van der Waals surface area contributed by atoms with Crippen LogP contribution in [-0.2, 0) is 13.7 Å². The van der Waals surface area contributed by atoms with Crippen LogP contribution in [0.25, 0.3) is 11.3 Å². The minimum Gasteiger partial charge on any atom is -0.495 e. The molecule has 0 aliphatic carbocycles. The number of methoxy groups -OCH3 is 1. The third-order valence-electron chi connectivity index (χ3n) is 3.00. The van der Waals surface area contributed by atoms with Gasteiger partial charge in [0.1, 0.15) is 5.75 Å². The molecule has 0 aliphatic heterocycles. The number of hydrogen-bond donors (Lipinski definition) is 1. The lowest BCUT2D eigenvalue weighted by Crippen LogP contribution is -2.22. The van der Waals surface area contributed by atoms with E-state index in [1.165, 1.54) is 4.57 Å². The van der Waals surface area contributed by atoms with Crippen molar-refractivity contribution in [2.24, 2.45) is 7.05 Å². The smallest absolute Gasteiger partial charge is 0.256 e. The van der Waals surface area contributed by atoms with Gasteiger partial charge in [0.15, 0.2) is 0 Å². The minimum absolute atomic E-state index is 0.216. The summed E-state index contributed by atoms with van der Waals surface area (Å²) in [7, 11) is 3.21. The summed E-state index contributed by atoms with van der Waals surface area (Å²) in [6.07, 6.45) is 0. The van der Waals surface area contributed by atoms with Crippen molar-refractivity contribution in [3.63, 3.8) is 0 Å². The number of rotatable bonds is 3. The molecular formula is C14H14ClNO3. The summed E-state index contributed by atoms with van der Waals surface area (Å²) in [5.41, 5.74) is 1.69. The third kappa shape index (κ3) is 2.50. The number of ether oxygens (including phenoxy) is 1. The molecule has 0 radical (unpaired) electrons. The van der Waals surface area contributed by atoms with E-state index in [4.69, 9.17) is 21.4 Å². The molecule has 0 atom stereocenters. The van der Waals surface area contributed by atoms with Crippen molar-refractivity contribution in [2.75, 3.05) is 7.11 Å². The summed E-state index contributed by atoms with van der Waals surface area (Å²) in [5, 5.41) is 9.55. The van der Waals surface area contributed by atoms with Crippen LogP contribution in [0.3, 0.4) is 0 Å². The van der Waals surface area contributed by atoms with Crippen LogP contribution < -0.4 is 10.3 Å². The number of pyridine rings is 1. The molecule has 1 heterocycles. The van der Waals surface area contributed by atoms with E-state index in [9.17, 15) is 4.79 Å². The lowest BCUT2D eigenvalue weighted by atomic mass is 10.1. The predicted octanol–water partition coefficient (Wildman–Crippen LogP) is 2.21. The van der Waals surface area contributed by atoms with E-state index in [-0.39, 0.29) is 12.2 Å². The van der Waals surface area contributed by atoms with Crippen molar-refractivity contribution in [1.82, 2.24) is 4.57 Å². The second-order valence-electron chi connectivity index (χ2n) is 4.12. The predicted molar refractivity (Wildman–Crippen MR) is 74.6 cm³/mol. The summed E-state index contributed by atoms with van der Waals surface area (Å²) in [6.45, 7) is -0.268. The summed E-state index contributed by atoms with van der Waals surface area (Å²) in [6, 6.07) is 8.73. The van der Waals surface area contributed by atoms with Gasteiger partial charge in [0.2, 0.25) is 0 Å². The molecule has 100 valence electrons. The van der Waals surface area contributed by atoms with Crippen molar-refractivity contribution in [1.29, 1.82) is 0 Å². The first-order valence-electron chi connectivity index (χ1n) is 5.72. The lowest BCUT2D eigenvalue weighted by molar-refractivity contribution is 0.279. The Hall–Kier alpha value is -1.78. The second-order valence-corrected chi connectivity index (χ2v) is 4.52. The van der Waals surface area contributed by atoms with Crippen LogP contribution in [0.2, 0.25) is 5.02 Å². The van der Waals surface area contributed by atoms with E-state index in [1.807, 2.05) is 6.07 Å². The highest BCUT2D eigenvalue weighted by Gasteiger charge is 2.09. The van der Waals surface area contributed by atoms with Crippen LogP contribution in [0.4, 0.5) is 0 Å². The average Bonchev–Trinajstić information content (AvgIpc) is 2.41. The first-order chi connectivity index (χ1) is 9.08. The molecule has 5 heteroatoms. The zero-order chi connectivity index (χ0) is 14.0. The Balaban J connectivity index is 2.57. The fourth-order valence-electron chi connectivity index (χ4n) is 1.92. The molecule has 0 aliphatic rings. The lowest BCUT2D eigenvalue weighted by Gasteiger charge is -2.11. The molecule has 0 saturated heterocycles. The van der Waals surface area contributed by atoms with Gasteiger partial charge in [-0.25, -0.2) is 0 Å². The molecule has 0 saturated carbocycles. The number of aliphatic hydroxyl groups excluding tert-OH is 1. The zero-order valence-corrected chi connectivity index (χ0v) is 11.4. The van der Waals surface area contributed by atoms with Gasteiger partial charge in [-0.3, -0.25) is 4.79 Å². The van der Waals surface area contributed by atoms with E-state index in [1.54, 1.807) is 38.4 Å². The van der Waals surface area contributed by atoms with Gasteiger partial charge >= 0.3 is 0 Å². The molecule has 2 aromatic rings. The van der Waals surface area contributed by atoms with Crippen molar-refractivity contribution in [2.45, 2.75) is 6.61 Å². The Bertz CT molecular complexity index is 664. The Labute approximate surface area is 115 Å². The number of hydrogen-bond acceptors (Lipinski definition) is 3. The SMILES string of the molecule is COc1ccc(-c2ccc(CO)c(=O)n2C)cc1Cl. The number of benzene rings is 1. The number of halogens is 1. The summed E-state index contributed by atoms with van der Waals surface area (Å²) < 4.78 is 6.58. The quantitative estimate of drug-likeness (QED) is 0.937. The number of aliphatic hydroxyl groups is 1. The van der Waals surface area contributed by atoms with Gasteiger partial charge in [-0.15, -0.1) is 0 Å².